The summed E-state index contributed by atoms with van der Waals surface area (Å²) in [5.74, 6) is 0.347. The summed E-state index contributed by atoms with van der Waals surface area (Å²) in [7, 11) is 0. The molecule has 0 spiro atoms. The number of nitriles is 1. The molecule has 1 aromatic carbocycles. The Morgan fingerprint density at radius 1 is 1.36 bits per heavy atom. The molecule has 0 radical (unpaired) electrons. The normalized spacial score (nSPS) is 11.5. The number of carbonyl (C=O) groups excluding carboxylic acids is 1. The zero-order valence-electron chi connectivity index (χ0n) is 13.4. The largest absolute Gasteiger partial charge is 0.489 e. The molecule has 25 heavy (non-hydrogen) atoms. The van der Waals surface area contributed by atoms with Crippen LogP contribution in [0.15, 0.2) is 57.9 Å². The van der Waals surface area contributed by atoms with E-state index in [0.29, 0.717) is 22.6 Å². The van der Waals surface area contributed by atoms with Gasteiger partial charge >= 0.3 is 0 Å². The number of furan rings is 1. The van der Waals surface area contributed by atoms with Crippen LogP contribution in [0.5, 0.6) is 5.75 Å². The van der Waals surface area contributed by atoms with Crippen LogP contribution in [0.25, 0.3) is 0 Å². The van der Waals surface area contributed by atoms with Crippen LogP contribution in [0.4, 0.5) is 0 Å². The molecule has 0 aliphatic heterocycles. The van der Waals surface area contributed by atoms with Crippen LogP contribution in [-0.2, 0) is 6.61 Å². The summed E-state index contributed by atoms with van der Waals surface area (Å²) in [5.41, 5.74) is 1.72. The number of nitrogens with one attached hydrogen (secondary N) is 1. The van der Waals surface area contributed by atoms with Crippen molar-refractivity contribution in [1.29, 1.82) is 5.26 Å². The number of hydrogen-bond acceptors (Lipinski definition) is 6. The monoisotopic (exact) mass is 337 g/mol. The van der Waals surface area contributed by atoms with E-state index < -0.39 is 0 Å². The Morgan fingerprint density at radius 3 is 3.00 bits per heavy atom. The summed E-state index contributed by atoms with van der Waals surface area (Å²) in [5, 5.41) is 15.5. The molecule has 0 aliphatic carbocycles. The average molecular weight is 337 g/mol. The second-order valence-electron chi connectivity index (χ2n) is 5.32. The summed E-state index contributed by atoms with van der Waals surface area (Å²) >= 11 is 0. The molecule has 3 aromatic rings. The smallest absolute Gasteiger partial charge is 0.287 e. The van der Waals surface area contributed by atoms with Crippen molar-refractivity contribution in [3.8, 4) is 11.8 Å². The standard InChI is InChI=1S/C18H15N3O4/c1-12(16-6-8-25-21-16)20-18(22)17-14(5-7-23-17)11-24-15-4-2-3-13(9-15)10-19/h2-9,12H,11H2,1H3,(H,20,22). The molecule has 3 rings (SSSR count). The van der Waals surface area contributed by atoms with Crippen molar-refractivity contribution in [2.45, 2.75) is 19.6 Å². The van der Waals surface area contributed by atoms with Gasteiger partial charge in [0.25, 0.3) is 5.91 Å². The Hall–Kier alpha value is -3.53. The molecule has 2 aromatic heterocycles. The van der Waals surface area contributed by atoms with Crippen molar-refractivity contribution in [2.24, 2.45) is 0 Å². The lowest BCUT2D eigenvalue weighted by Crippen LogP contribution is -2.27. The van der Waals surface area contributed by atoms with Crippen LogP contribution >= 0.6 is 0 Å². The zero-order valence-corrected chi connectivity index (χ0v) is 13.4. The Bertz CT molecular complexity index is 893. The molecular weight excluding hydrogens is 322 g/mol. The fourth-order valence-electron chi connectivity index (χ4n) is 2.25. The summed E-state index contributed by atoms with van der Waals surface area (Å²) in [6.45, 7) is 1.94. The van der Waals surface area contributed by atoms with Gasteiger partial charge < -0.3 is 19.0 Å². The van der Waals surface area contributed by atoms with E-state index in [4.69, 9.17) is 18.9 Å². The average Bonchev–Trinajstić information content (AvgIpc) is 3.31. The SMILES string of the molecule is CC(NC(=O)c1occc1COc1cccc(C#N)c1)c1ccon1. The van der Waals surface area contributed by atoms with E-state index in [1.807, 2.05) is 6.07 Å². The van der Waals surface area contributed by atoms with E-state index >= 15 is 0 Å². The van der Waals surface area contributed by atoms with Gasteiger partial charge in [-0.1, -0.05) is 11.2 Å². The lowest BCUT2D eigenvalue weighted by Gasteiger charge is -2.11. The van der Waals surface area contributed by atoms with Crippen LogP contribution in [0.1, 0.15) is 40.3 Å². The number of benzene rings is 1. The lowest BCUT2D eigenvalue weighted by molar-refractivity contribution is 0.0907. The number of rotatable bonds is 6. The maximum Gasteiger partial charge on any atom is 0.287 e. The maximum atomic E-state index is 12.4. The van der Waals surface area contributed by atoms with Gasteiger partial charge in [-0.3, -0.25) is 4.79 Å². The topological polar surface area (TPSA) is 101 Å². The molecule has 7 nitrogen and oxygen atoms in total. The highest BCUT2D eigenvalue weighted by atomic mass is 16.5. The molecule has 1 amide bonds. The van der Waals surface area contributed by atoms with Crippen molar-refractivity contribution in [1.82, 2.24) is 10.5 Å². The van der Waals surface area contributed by atoms with Crippen molar-refractivity contribution in [3.63, 3.8) is 0 Å². The molecule has 0 saturated heterocycles. The number of hydrogen-bond donors (Lipinski definition) is 1. The number of nitrogens with zero attached hydrogens (tertiary/aromatic N) is 2. The van der Waals surface area contributed by atoms with Crippen LogP contribution < -0.4 is 10.1 Å². The van der Waals surface area contributed by atoms with E-state index in [2.05, 4.69) is 10.5 Å². The molecular formula is C18H15N3O4. The third-order valence-corrected chi connectivity index (χ3v) is 3.56. The minimum atomic E-state index is -0.370. The number of carbonyl (C=O) groups is 1. The van der Waals surface area contributed by atoms with Gasteiger partial charge in [-0.2, -0.15) is 5.26 Å². The predicted octanol–water partition coefficient (Wildman–Crippen LogP) is 3.21. The van der Waals surface area contributed by atoms with E-state index in [9.17, 15) is 4.79 Å². The van der Waals surface area contributed by atoms with Crippen LogP contribution in [0.3, 0.4) is 0 Å². The molecule has 1 unspecified atom stereocenters. The molecule has 0 bridgehead atoms. The quantitative estimate of drug-likeness (QED) is 0.741. The first kappa shape index (κ1) is 16.3. The van der Waals surface area contributed by atoms with Crippen LogP contribution in [0.2, 0.25) is 0 Å². The fraction of sp³-hybridized carbons (Fsp3) is 0.167. The van der Waals surface area contributed by atoms with Gasteiger partial charge in [-0.15, -0.1) is 0 Å². The van der Waals surface area contributed by atoms with Crippen molar-refractivity contribution in [2.75, 3.05) is 0 Å². The maximum absolute atomic E-state index is 12.4. The molecule has 7 heteroatoms. The van der Waals surface area contributed by atoms with E-state index in [0.717, 1.165) is 0 Å². The first-order chi connectivity index (χ1) is 12.2. The van der Waals surface area contributed by atoms with Crippen LogP contribution in [-0.4, -0.2) is 11.1 Å². The summed E-state index contributed by atoms with van der Waals surface area (Å²) in [4.78, 5) is 12.4. The van der Waals surface area contributed by atoms with Crippen molar-refractivity contribution in [3.05, 3.63) is 71.5 Å². The van der Waals surface area contributed by atoms with Gasteiger partial charge in [0.05, 0.1) is 23.9 Å². The van der Waals surface area contributed by atoms with E-state index in [1.165, 1.54) is 12.5 Å². The van der Waals surface area contributed by atoms with Gasteiger partial charge in [-0.25, -0.2) is 0 Å². The van der Waals surface area contributed by atoms with Gasteiger partial charge in [0.2, 0.25) is 0 Å². The Kier molecular flexibility index (Phi) is 4.81. The van der Waals surface area contributed by atoms with Gasteiger partial charge in [0.15, 0.2) is 5.76 Å². The first-order valence-corrected chi connectivity index (χ1v) is 7.58. The minimum absolute atomic E-state index is 0.145. The Balaban J connectivity index is 1.65. The van der Waals surface area contributed by atoms with E-state index in [-0.39, 0.29) is 24.3 Å². The second-order valence-corrected chi connectivity index (χ2v) is 5.32. The zero-order chi connectivity index (χ0) is 17.6. The van der Waals surface area contributed by atoms with Gasteiger partial charge in [0, 0.05) is 11.6 Å². The molecule has 1 N–H and O–H groups in total. The summed E-state index contributed by atoms with van der Waals surface area (Å²) in [6, 6.07) is 11.9. The van der Waals surface area contributed by atoms with Gasteiger partial charge in [-0.05, 0) is 31.2 Å². The number of ether oxygens (including phenoxy) is 1. The second kappa shape index (κ2) is 7.36. The van der Waals surface area contributed by atoms with Crippen molar-refractivity contribution >= 4 is 5.91 Å². The third-order valence-electron chi connectivity index (χ3n) is 3.56. The number of amides is 1. The first-order valence-electron chi connectivity index (χ1n) is 7.58. The summed E-state index contributed by atoms with van der Waals surface area (Å²) in [6.07, 6.45) is 2.87. The van der Waals surface area contributed by atoms with Crippen LogP contribution in [0, 0.1) is 11.3 Å². The molecule has 2 heterocycles. The molecule has 1 atom stereocenters. The molecule has 126 valence electrons. The Labute approximate surface area is 143 Å². The number of aromatic nitrogens is 1. The lowest BCUT2D eigenvalue weighted by atomic mass is 10.2. The highest BCUT2D eigenvalue weighted by molar-refractivity contribution is 5.93. The minimum Gasteiger partial charge on any atom is -0.489 e. The molecule has 0 aliphatic rings. The highest BCUT2D eigenvalue weighted by Crippen LogP contribution is 2.18. The molecule has 0 fully saturated rings. The summed E-state index contributed by atoms with van der Waals surface area (Å²) < 4.78 is 15.7. The fourth-order valence-corrected chi connectivity index (χ4v) is 2.25. The van der Waals surface area contributed by atoms with Gasteiger partial charge in [0.1, 0.15) is 24.3 Å². The van der Waals surface area contributed by atoms with Crippen molar-refractivity contribution < 1.29 is 18.5 Å². The third kappa shape index (κ3) is 3.87. The molecule has 0 saturated carbocycles. The predicted molar refractivity (Wildman–Crippen MR) is 86.6 cm³/mol. The van der Waals surface area contributed by atoms with E-state index in [1.54, 1.807) is 43.3 Å². The highest BCUT2D eigenvalue weighted by Gasteiger charge is 2.19. The Morgan fingerprint density at radius 2 is 2.24 bits per heavy atom.